The Hall–Kier alpha value is -2.00. The first-order chi connectivity index (χ1) is 10.9. The smallest absolute Gasteiger partial charge is 0.269 e. The maximum absolute atomic E-state index is 12.0. The highest BCUT2D eigenvalue weighted by Gasteiger charge is 2.15. The summed E-state index contributed by atoms with van der Waals surface area (Å²) in [5, 5.41) is 13.2. The summed E-state index contributed by atoms with van der Waals surface area (Å²) < 4.78 is 26.3. The molecule has 0 saturated heterocycles. The highest BCUT2D eigenvalue weighted by Crippen LogP contribution is 2.15. The van der Waals surface area contributed by atoms with Crippen molar-refractivity contribution < 1.29 is 18.1 Å². The van der Waals surface area contributed by atoms with Gasteiger partial charge in [0.25, 0.3) is 5.69 Å². The number of hydrogen-bond donors (Lipinski definition) is 2. The second kappa shape index (κ2) is 9.21. The van der Waals surface area contributed by atoms with E-state index in [0.717, 1.165) is 43.5 Å². The number of benzene rings is 1. The lowest BCUT2D eigenvalue weighted by molar-refractivity contribution is -0.384. The van der Waals surface area contributed by atoms with Gasteiger partial charge in [-0.15, -0.1) is 0 Å². The molecule has 8 nitrogen and oxygen atoms in total. The standard InChI is InChI=1S/C14H21N3O5S/c1-2-3-4-10-15-14(18)9-11-16-23(21,22)13-7-5-12(6-8-13)17(19)20/h5-8,16H,2-4,9-11H2,1H3,(H,15,18). The van der Waals surface area contributed by atoms with Gasteiger partial charge in [-0.1, -0.05) is 19.8 Å². The van der Waals surface area contributed by atoms with Crippen LogP contribution in [0.1, 0.15) is 32.6 Å². The summed E-state index contributed by atoms with van der Waals surface area (Å²) in [6.07, 6.45) is 3.03. The van der Waals surface area contributed by atoms with Gasteiger partial charge in [0.2, 0.25) is 15.9 Å². The molecular weight excluding hydrogens is 322 g/mol. The van der Waals surface area contributed by atoms with Crippen LogP contribution in [-0.4, -0.2) is 32.3 Å². The van der Waals surface area contributed by atoms with Crippen molar-refractivity contribution >= 4 is 21.6 Å². The van der Waals surface area contributed by atoms with Gasteiger partial charge in [-0.25, -0.2) is 13.1 Å². The first-order valence-corrected chi connectivity index (χ1v) is 8.86. The van der Waals surface area contributed by atoms with Crippen LogP contribution in [0.15, 0.2) is 29.2 Å². The summed E-state index contributed by atoms with van der Waals surface area (Å²) >= 11 is 0. The highest BCUT2D eigenvalue weighted by atomic mass is 32.2. The first-order valence-electron chi connectivity index (χ1n) is 7.37. The SMILES string of the molecule is CCCCCNC(=O)CCNS(=O)(=O)c1ccc([N+](=O)[O-])cc1. The van der Waals surface area contributed by atoms with Crippen LogP contribution in [0.25, 0.3) is 0 Å². The summed E-state index contributed by atoms with van der Waals surface area (Å²) in [7, 11) is -3.78. The van der Waals surface area contributed by atoms with Gasteiger partial charge in [-0.3, -0.25) is 14.9 Å². The Balaban J connectivity index is 2.43. The Morgan fingerprint density at radius 2 is 1.83 bits per heavy atom. The number of hydrogen-bond acceptors (Lipinski definition) is 5. The van der Waals surface area contributed by atoms with Crippen LogP contribution in [-0.2, 0) is 14.8 Å². The second-order valence-electron chi connectivity index (χ2n) is 4.96. The monoisotopic (exact) mass is 343 g/mol. The third-order valence-corrected chi connectivity index (χ3v) is 4.58. The predicted octanol–water partition coefficient (Wildman–Crippen LogP) is 1.57. The number of rotatable bonds is 10. The number of amides is 1. The van der Waals surface area contributed by atoms with Gasteiger partial charge >= 0.3 is 0 Å². The fourth-order valence-electron chi connectivity index (χ4n) is 1.82. The molecule has 2 N–H and O–H groups in total. The molecule has 9 heteroatoms. The molecule has 0 aliphatic rings. The average molecular weight is 343 g/mol. The van der Waals surface area contributed by atoms with Gasteiger partial charge in [0.05, 0.1) is 9.82 Å². The van der Waals surface area contributed by atoms with Crippen molar-refractivity contribution in [3.63, 3.8) is 0 Å². The molecule has 0 heterocycles. The minimum atomic E-state index is -3.78. The van der Waals surface area contributed by atoms with Crippen LogP contribution in [0.2, 0.25) is 0 Å². The molecule has 1 amide bonds. The minimum Gasteiger partial charge on any atom is -0.356 e. The Labute approximate surface area is 135 Å². The fourth-order valence-corrected chi connectivity index (χ4v) is 2.85. The average Bonchev–Trinajstić information content (AvgIpc) is 2.51. The van der Waals surface area contributed by atoms with Crippen LogP contribution in [0, 0.1) is 10.1 Å². The zero-order valence-corrected chi connectivity index (χ0v) is 13.8. The third-order valence-electron chi connectivity index (χ3n) is 3.10. The van der Waals surface area contributed by atoms with E-state index in [9.17, 15) is 23.3 Å². The molecule has 0 spiro atoms. The second-order valence-corrected chi connectivity index (χ2v) is 6.72. The van der Waals surface area contributed by atoms with Crippen molar-refractivity contribution in [2.45, 2.75) is 37.5 Å². The third kappa shape index (κ3) is 6.74. The number of nitro groups is 1. The van der Waals surface area contributed by atoms with Crippen LogP contribution >= 0.6 is 0 Å². The van der Waals surface area contributed by atoms with E-state index in [0.29, 0.717) is 6.54 Å². The van der Waals surface area contributed by atoms with E-state index in [1.165, 1.54) is 0 Å². The quantitative estimate of drug-likeness (QED) is 0.380. The number of non-ortho nitro benzene ring substituents is 1. The lowest BCUT2D eigenvalue weighted by atomic mass is 10.2. The molecule has 0 bridgehead atoms. The van der Waals surface area contributed by atoms with Gasteiger partial charge in [0, 0.05) is 31.6 Å². The summed E-state index contributed by atoms with van der Waals surface area (Å²) in [6, 6.07) is 4.56. The lowest BCUT2D eigenvalue weighted by Crippen LogP contribution is -2.31. The number of sulfonamides is 1. The number of carbonyl (C=O) groups excluding carboxylic acids is 1. The van der Waals surface area contributed by atoms with E-state index < -0.39 is 14.9 Å². The number of nitrogens with zero attached hydrogens (tertiary/aromatic N) is 1. The molecule has 0 aliphatic heterocycles. The number of nitrogens with one attached hydrogen (secondary N) is 2. The normalized spacial score (nSPS) is 11.2. The number of nitro benzene ring substituents is 1. The highest BCUT2D eigenvalue weighted by molar-refractivity contribution is 7.89. The van der Waals surface area contributed by atoms with E-state index >= 15 is 0 Å². The molecule has 0 atom stereocenters. The van der Waals surface area contributed by atoms with E-state index in [2.05, 4.69) is 17.0 Å². The van der Waals surface area contributed by atoms with Crippen molar-refractivity contribution in [1.29, 1.82) is 0 Å². The molecule has 1 aromatic carbocycles. The van der Waals surface area contributed by atoms with Gasteiger partial charge in [0.1, 0.15) is 0 Å². The Bertz CT molecular complexity index is 628. The first kappa shape index (κ1) is 19.0. The van der Waals surface area contributed by atoms with E-state index in [1.54, 1.807) is 0 Å². The minimum absolute atomic E-state index is 0.0288. The van der Waals surface area contributed by atoms with Gasteiger partial charge in [-0.2, -0.15) is 0 Å². The Morgan fingerprint density at radius 1 is 1.17 bits per heavy atom. The molecule has 0 radical (unpaired) electrons. The summed E-state index contributed by atoms with van der Waals surface area (Å²) in [5.74, 6) is -0.215. The van der Waals surface area contributed by atoms with Crippen molar-refractivity contribution in [2.24, 2.45) is 0 Å². The lowest BCUT2D eigenvalue weighted by Gasteiger charge is -2.07. The molecule has 23 heavy (non-hydrogen) atoms. The largest absolute Gasteiger partial charge is 0.356 e. The number of carbonyl (C=O) groups is 1. The molecule has 0 saturated carbocycles. The van der Waals surface area contributed by atoms with E-state index in [4.69, 9.17) is 0 Å². The maximum Gasteiger partial charge on any atom is 0.269 e. The predicted molar refractivity (Wildman–Crippen MR) is 85.4 cm³/mol. The Kier molecular flexibility index (Phi) is 7.63. The zero-order chi connectivity index (χ0) is 17.3. The van der Waals surface area contributed by atoms with Crippen molar-refractivity contribution in [2.75, 3.05) is 13.1 Å². The fraction of sp³-hybridized carbons (Fsp3) is 0.500. The van der Waals surface area contributed by atoms with Crippen LogP contribution in [0.3, 0.4) is 0 Å². The van der Waals surface area contributed by atoms with Gasteiger partial charge in [-0.05, 0) is 18.6 Å². The molecular formula is C14H21N3O5S. The molecule has 0 aromatic heterocycles. The van der Waals surface area contributed by atoms with E-state index in [-0.39, 0.29) is 29.5 Å². The van der Waals surface area contributed by atoms with Crippen LogP contribution in [0.4, 0.5) is 5.69 Å². The van der Waals surface area contributed by atoms with Crippen LogP contribution < -0.4 is 10.0 Å². The molecule has 0 unspecified atom stereocenters. The number of unbranched alkanes of at least 4 members (excludes halogenated alkanes) is 2. The van der Waals surface area contributed by atoms with Crippen molar-refractivity contribution in [3.8, 4) is 0 Å². The molecule has 1 aromatic rings. The molecule has 1 rings (SSSR count). The molecule has 0 aliphatic carbocycles. The molecule has 0 fully saturated rings. The van der Waals surface area contributed by atoms with E-state index in [1.807, 2.05) is 0 Å². The Morgan fingerprint density at radius 3 is 2.39 bits per heavy atom. The summed E-state index contributed by atoms with van der Waals surface area (Å²) in [4.78, 5) is 21.4. The maximum atomic E-state index is 12.0. The zero-order valence-electron chi connectivity index (χ0n) is 12.9. The topological polar surface area (TPSA) is 118 Å². The molecule has 128 valence electrons. The van der Waals surface area contributed by atoms with Crippen LogP contribution in [0.5, 0.6) is 0 Å². The van der Waals surface area contributed by atoms with Crippen molar-refractivity contribution in [3.05, 3.63) is 34.4 Å². The summed E-state index contributed by atoms with van der Waals surface area (Å²) in [5.41, 5.74) is -0.185. The summed E-state index contributed by atoms with van der Waals surface area (Å²) in [6.45, 7) is 2.62. The van der Waals surface area contributed by atoms with Crippen molar-refractivity contribution in [1.82, 2.24) is 10.0 Å². The van der Waals surface area contributed by atoms with Gasteiger partial charge in [0.15, 0.2) is 0 Å². The van der Waals surface area contributed by atoms with Gasteiger partial charge < -0.3 is 5.32 Å².